The van der Waals surface area contributed by atoms with Gasteiger partial charge < -0.3 is 4.90 Å². The molecule has 0 N–H and O–H groups in total. The van der Waals surface area contributed by atoms with Crippen molar-refractivity contribution >= 4 is 5.91 Å². The highest BCUT2D eigenvalue weighted by atomic mass is 16.2. The zero-order valence-electron chi connectivity index (χ0n) is 16.1. The van der Waals surface area contributed by atoms with Crippen LogP contribution in [0.1, 0.15) is 58.2 Å². The van der Waals surface area contributed by atoms with E-state index in [-0.39, 0.29) is 11.3 Å². The molecule has 1 aromatic rings. The van der Waals surface area contributed by atoms with Gasteiger partial charge >= 0.3 is 0 Å². The molecule has 7 heteroatoms. The van der Waals surface area contributed by atoms with Gasteiger partial charge in [-0.25, -0.2) is 0 Å². The summed E-state index contributed by atoms with van der Waals surface area (Å²) in [5.74, 6) is 1.33. The molecule has 1 aliphatic carbocycles. The number of tetrazole rings is 1. The highest BCUT2D eigenvalue weighted by molar-refractivity contribution is 5.80. The summed E-state index contributed by atoms with van der Waals surface area (Å²) in [6.07, 6.45) is 6.61. The first kappa shape index (κ1) is 18.3. The van der Waals surface area contributed by atoms with E-state index in [9.17, 15) is 4.79 Å². The van der Waals surface area contributed by atoms with Crippen LogP contribution in [0.25, 0.3) is 0 Å². The van der Waals surface area contributed by atoms with Crippen LogP contribution < -0.4 is 0 Å². The second kappa shape index (κ2) is 7.40. The Morgan fingerprint density at radius 1 is 1.24 bits per heavy atom. The van der Waals surface area contributed by atoms with Crippen LogP contribution >= 0.6 is 0 Å². The largest absolute Gasteiger partial charge is 0.342 e. The summed E-state index contributed by atoms with van der Waals surface area (Å²) in [7, 11) is 3.81. The molecule has 1 aromatic heterocycles. The molecule has 1 saturated carbocycles. The lowest BCUT2D eigenvalue weighted by Gasteiger charge is -2.34. The van der Waals surface area contributed by atoms with Gasteiger partial charge in [0.1, 0.15) is 0 Å². The van der Waals surface area contributed by atoms with E-state index >= 15 is 0 Å². The summed E-state index contributed by atoms with van der Waals surface area (Å²) >= 11 is 0. The number of rotatable bonds is 4. The fraction of sp³-hybridized carbons (Fsp3) is 0.889. The maximum Gasteiger partial charge on any atom is 0.226 e. The van der Waals surface area contributed by atoms with Gasteiger partial charge in [0.2, 0.25) is 5.91 Å². The highest BCUT2D eigenvalue weighted by Crippen LogP contribution is 2.43. The number of aromatic nitrogens is 4. The summed E-state index contributed by atoms with van der Waals surface area (Å²) in [6.45, 7) is 7.26. The van der Waals surface area contributed by atoms with Gasteiger partial charge in [-0.1, -0.05) is 20.3 Å². The van der Waals surface area contributed by atoms with Crippen molar-refractivity contribution < 1.29 is 4.79 Å². The average Bonchev–Trinajstić information content (AvgIpc) is 3.04. The molecule has 140 valence electrons. The van der Waals surface area contributed by atoms with Crippen molar-refractivity contribution in [3.05, 3.63) is 5.82 Å². The molecule has 2 heterocycles. The van der Waals surface area contributed by atoms with Crippen LogP contribution in [0.3, 0.4) is 0 Å². The topological polar surface area (TPSA) is 67.2 Å². The van der Waals surface area contributed by atoms with Crippen LogP contribution in [-0.2, 0) is 18.4 Å². The third-order valence-electron chi connectivity index (χ3n) is 6.16. The van der Waals surface area contributed by atoms with Crippen molar-refractivity contribution in [3.8, 4) is 0 Å². The molecular weight excluding hydrogens is 316 g/mol. The summed E-state index contributed by atoms with van der Waals surface area (Å²) in [5.41, 5.74) is 0.153. The van der Waals surface area contributed by atoms with Crippen molar-refractivity contribution in [2.75, 3.05) is 20.1 Å². The monoisotopic (exact) mass is 348 g/mol. The van der Waals surface area contributed by atoms with Crippen LogP contribution in [0, 0.1) is 11.3 Å². The Bertz CT molecular complexity index is 598. The van der Waals surface area contributed by atoms with E-state index in [4.69, 9.17) is 0 Å². The number of amides is 1. The molecule has 1 aliphatic heterocycles. The lowest BCUT2D eigenvalue weighted by Crippen LogP contribution is -2.43. The fourth-order valence-electron chi connectivity index (χ4n) is 4.48. The third-order valence-corrected chi connectivity index (χ3v) is 6.16. The zero-order chi connectivity index (χ0) is 18.0. The predicted molar refractivity (Wildman–Crippen MR) is 95.6 cm³/mol. The van der Waals surface area contributed by atoms with Gasteiger partial charge in [-0.05, 0) is 49.3 Å². The van der Waals surface area contributed by atoms with E-state index in [1.54, 1.807) is 7.05 Å². The number of likely N-dealkylation sites (tertiary alicyclic amines) is 1. The molecule has 2 atom stereocenters. The smallest absolute Gasteiger partial charge is 0.226 e. The van der Waals surface area contributed by atoms with Crippen LogP contribution in [0.15, 0.2) is 0 Å². The Morgan fingerprint density at radius 3 is 2.68 bits per heavy atom. The molecule has 7 nitrogen and oxygen atoms in total. The van der Waals surface area contributed by atoms with Gasteiger partial charge in [-0.15, -0.1) is 10.2 Å². The van der Waals surface area contributed by atoms with Gasteiger partial charge in [0.15, 0.2) is 5.82 Å². The van der Waals surface area contributed by atoms with E-state index < -0.39 is 0 Å². The van der Waals surface area contributed by atoms with Crippen LogP contribution in [-0.4, -0.2) is 62.1 Å². The maximum absolute atomic E-state index is 13.0. The average molecular weight is 348 g/mol. The van der Waals surface area contributed by atoms with Crippen molar-refractivity contribution in [1.82, 2.24) is 30.0 Å². The summed E-state index contributed by atoms with van der Waals surface area (Å²) in [6, 6.07) is 0.351. The number of hydrogen-bond donors (Lipinski definition) is 0. The first-order valence-corrected chi connectivity index (χ1v) is 9.59. The van der Waals surface area contributed by atoms with E-state index in [0.717, 1.165) is 51.1 Å². The first-order valence-electron chi connectivity index (χ1n) is 9.59. The van der Waals surface area contributed by atoms with E-state index in [0.29, 0.717) is 11.9 Å². The molecule has 0 radical (unpaired) electrons. The molecule has 2 aliphatic rings. The lowest BCUT2D eigenvalue weighted by molar-refractivity contribution is -0.139. The van der Waals surface area contributed by atoms with Crippen molar-refractivity contribution in [1.29, 1.82) is 0 Å². The minimum absolute atomic E-state index is 0.153. The second-order valence-corrected chi connectivity index (χ2v) is 8.44. The Kier molecular flexibility index (Phi) is 5.41. The van der Waals surface area contributed by atoms with Gasteiger partial charge in [-0.2, -0.15) is 4.80 Å². The first-order chi connectivity index (χ1) is 11.9. The molecule has 1 saturated heterocycles. The van der Waals surface area contributed by atoms with E-state index in [2.05, 4.69) is 39.1 Å². The van der Waals surface area contributed by atoms with Crippen LogP contribution in [0.4, 0.5) is 0 Å². The van der Waals surface area contributed by atoms with Crippen molar-refractivity contribution in [3.63, 3.8) is 0 Å². The van der Waals surface area contributed by atoms with Gasteiger partial charge in [-0.3, -0.25) is 9.69 Å². The molecule has 25 heavy (non-hydrogen) atoms. The highest BCUT2D eigenvalue weighted by Gasteiger charge is 2.41. The van der Waals surface area contributed by atoms with Crippen molar-refractivity contribution in [2.24, 2.45) is 18.4 Å². The maximum atomic E-state index is 13.0. The standard InChI is InChI=1S/C18H32N6O/c1-18(2)10-5-8-15(18)17(25)22(3)14-7-6-11-24(12-9-14)13-16-19-21-23(4)20-16/h14-15H,5-13H2,1-4H3/t14-,15-/m1/s1. The molecule has 0 bridgehead atoms. The molecular formula is C18H32N6O. The molecule has 3 rings (SSSR count). The molecule has 0 unspecified atom stereocenters. The predicted octanol–water partition coefficient (Wildman–Crippen LogP) is 1.85. The molecule has 1 amide bonds. The SMILES string of the molecule is CN(C(=O)[C@H]1CCCC1(C)C)[C@@H]1CCCN(Cc2nnn(C)n2)CC1. The lowest BCUT2D eigenvalue weighted by atomic mass is 9.81. The Morgan fingerprint density at radius 2 is 2.04 bits per heavy atom. The number of carbonyl (C=O) groups excluding carboxylic acids is 1. The molecule has 0 aromatic carbocycles. The molecule has 0 spiro atoms. The van der Waals surface area contributed by atoms with E-state index in [1.807, 2.05) is 7.05 Å². The van der Waals surface area contributed by atoms with E-state index in [1.165, 1.54) is 17.6 Å². The quantitative estimate of drug-likeness (QED) is 0.831. The van der Waals surface area contributed by atoms with Crippen molar-refractivity contribution in [2.45, 2.75) is 65.0 Å². The van der Waals surface area contributed by atoms with Gasteiger partial charge in [0.05, 0.1) is 13.6 Å². The number of aryl methyl sites for hydroxylation is 1. The Hall–Kier alpha value is -1.50. The minimum atomic E-state index is 0.153. The number of hydrogen-bond acceptors (Lipinski definition) is 5. The second-order valence-electron chi connectivity index (χ2n) is 8.44. The minimum Gasteiger partial charge on any atom is -0.342 e. The van der Waals surface area contributed by atoms with Crippen LogP contribution in [0.2, 0.25) is 0 Å². The number of nitrogens with zero attached hydrogens (tertiary/aromatic N) is 6. The third kappa shape index (κ3) is 4.19. The zero-order valence-corrected chi connectivity index (χ0v) is 16.1. The van der Waals surface area contributed by atoms with Gasteiger partial charge in [0, 0.05) is 25.6 Å². The fourth-order valence-corrected chi connectivity index (χ4v) is 4.48. The Labute approximate surface area is 150 Å². The Balaban J connectivity index is 1.56. The summed E-state index contributed by atoms with van der Waals surface area (Å²) < 4.78 is 0. The van der Waals surface area contributed by atoms with Crippen LogP contribution in [0.5, 0.6) is 0 Å². The molecule has 2 fully saturated rings. The van der Waals surface area contributed by atoms with Gasteiger partial charge in [0.25, 0.3) is 0 Å². The normalized spacial score (nSPS) is 27.2. The summed E-state index contributed by atoms with van der Waals surface area (Å²) in [4.78, 5) is 19.0. The number of carbonyl (C=O) groups is 1. The summed E-state index contributed by atoms with van der Waals surface area (Å²) in [5, 5.41) is 12.3.